The maximum Gasteiger partial charge on any atom is 0.305 e. The molecule has 38 heavy (non-hydrogen) atoms. The van der Waals surface area contributed by atoms with Crippen LogP contribution in [0, 0.1) is 0 Å². The van der Waals surface area contributed by atoms with Crippen molar-refractivity contribution in [2.45, 2.75) is 142 Å². The van der Waals surface area contributed by atoms with Crippen molar-refractivity contribution >= 4 is 17.8 Å². The summed E-state index contributed by atoms with van der Waals surface area (Å²) in [5.41, 5.74) is 0. The third-order valence-electron chi connectivity index (χ3n) is 6.96. The highest BCUT2D eigenvalue weighted by atomic mass is 16.5. The van der Waals surface area contributed by atoms with E-state index in [1.165, 1.54) is 39.2 Å². The molecule has 224 valence electrons. The monoisotopic (exact) mass is 542 g/mol. The summed E-state index contributed by atoms with van der Waals surface area (Å²) in [5.74, 6) is -1.05. The first-order chi connectivity index (χ1) is 18.4. The number of nitrogens with zero attached hydrogens (tertiary/aromatic N) is 2. The van der Waals surface area contributed by atoms with E-state index in [1.807, 2.05) is 0 Å². The zero-order valence-corrected chi connectivity index (χ0v) is 24.6. The lowest BCUT2D eigenvalue weighted by Crippen LogP contribution is -2.29. The fraction of sp³-hybridized carbons (Fsp3) is 0.900. The Labute approximate surface area is 232 Å². The molecule has 0 atom stereocenters. The Morgan fingerprint density at radius 3 is 1.63 bits per heavy atom. The lowest BCUT2D eigenvalue weighted by atomic mass is 10.1. The quantitative estimate of drug-likeness (QED) is 0.0475. The Balaban J connectivity index is 3.90. The number of carbonyl (C=O) groups excluding carboxylic acids is 2. The van der Waals surface area contributed by atoms with Crippen molar-refractivity contribution in [2.75, 3.05) is 33.3 Å². The second-order valence-electron chi connectivity index (χ2n) is 10.6. The highest BCUT2D eigenvalue weighted by Crippen LogP contribution is 2.11. The summed E-state index contributed by atoms with van der Waals surface area (Å²) in [4.78, 5) is 36.6. The summed E-state index contributed by atoms with van der Waals surface area (Å²) in [6.45, 7) is 5.59. The molecule has 8 heteroatoms. The molecule has 0 aromatic carbocycles. The summed E-state index contributed by atoms with van der Waals surface area (Å²) >= 11 is 0. The minimum absolute atomic E-state index is 0.0619. The molecule has 0 aliphatic rings. The molecule has 0 saturated carbocycles. The maximum atomic E-state index is 11.9. The number of carboxylic acid groups (broad SMARTS) is 1. The molecule has 1 amide bonds. The topological polar surface area (TPSA) is 107 Å². The molecule has 0 aliphatic heterocycles. The molecule has 0 unspecified atom stereocenters. The normalized spacial score (nSPS) is 11.2. The van der Waals surface area contributed by atoms with Gasteiger partial charge in [-0.05, 0) is 58.2 Å². The summed E-state index contributed by atoms with van der Waals surface area (Å²) in [5, 5.41) is 18.6. The molecule has 0 aromatic heterocycles. The highest BCUT2D eigenvalue weighted by molar-refractivity contribution is 5.74. The summed E-state index contributed by atoms with van der Waals surface area (Å²) in [6, 6.07) is 0. The molecule has 0 spiro atoms. The number of ether oxygens (including phenoxy) is 1. The van der Waals surface area contributed by atoms with E-state index < -0.39 is 5.97 Å². The molecule has 2 N–H and O–H groups in total. The molecular formula is C30H58N2O6. The lowest BCUT2D eigenvalue weighted by molar-refractivity contribution is -0.159. The fourth-order valence-corrected chi connectivity index (χ4v) is 4.55. The zero-order chi connectivity index (χ0) is 28.3. The molecule has 8 nitrogen and oxygen atoms in total. The van der Waals surface area contributed by atoms with Crippen LogP contribution in [0.3, 0.4) is 0 Å². The van der Waals surface area contributed by atoms with Gasteiger partial charge in [0.25, 0.3) is 0 Å². The number of carbonyl (C=O) groups is 3. The van der Waals surface area contributed by atoms with Gasteiger partial charge in [-0.1, -0.05) is 84.0 Å². The van der Waals surface area contributed by atoms with Gasteiger partial charge in [-0.3, -0.25) is 19.6 Å². The van der Waals surface area contributed by atoms with Crippen LogP contribution >= 0.6 is 0 Å². The van der Waals surface area contributed by atoms with Gasteiger partial charge in [-0.2, -0.15) is 0 Å². The van der Waals surface area contributed by atoms with E-state index in [9.17, 15) is 19.6 Å². The van der Waals surface area contributed by atoms with Crippen LogP contribution in [0.25, 0.3) is 0 Å². The molecule has 0 radical (unpaired) electrons. The predicted molar refractivity (Wildman–Crippen MR) is 152 cm³/mol. The summed E-state index contributed by atoms with van der Waals surface area (Å²) in [6.07, 6.45) is 20.5. The molecular weight excluding hydrogens is 484 g/mol. The lowest BCUT2D eigenvalue weighted by Gasteiger charge is -2.22. The van der Waals surface area contributed by atoms with Crippen molar-refractivity contribution in [1.29, 1.82) is 0 Å². The second kappa shape index (κ2) is 26.9. The van der Waals surface area contributed by atoms with Crippen LogP contribution in [0.1, 0.15) is 142 Å². The molecule has 0 fully saturated rings. The molecule has 0 heterocycles. The first kappa shape index (κ1) is 36.3. The maximum absolute atomic E-state index is 11.9. The first-order valence-corrected chi connectivity index (χ1v) is 15.4. The van der Waals surface area contributed by atoms with Gasteiger partial charge < -0.3 is 14.7 Å². The number of aliphatic carboxylic acids is 1. The fourth-order valence-electron chi connectivity index (χ4n) is 4.55. The third-order valence-corrected chi connectivity index (χ3v) is 6.96. The number of amides is 1. The van der Waals surface area contributed by atoms with Gasteiger partial charge in [0.2, 0.25) is 5.91 Å². The molecule has 0 saturated heterocycles. The average Bonchev–Trinajstić information content (AvgIpc) is 2.88. The van der Waals surface area contributed by atoms with Crippen LogP contribution in [0.4, 0.5) is 0 Å². The van der Waals surface area contributed by atoms with E-state index in [0.29, 0.717) is 24.5 Å². The number of hydroxylamine groups is 2. The Morgan fingerprint density at radius 1 is 0.605 bits per heavy atom. The van der Waals surface area contributed by atoms with Gasteiger partial charge in [0.15, 0.2) is 0 Å². The number of carboxylic acids is 1. The van der Waals surface area contributed by atoms with Crippen LogP contribution in [-0.4, -0.2) is 71.4 Å². The Kier molecular flexibility index (Phi) is 25.7. The Morgan fingerprint density at radius 2 is 1.08 bits per heavy atom. The van der Waals surface area contributed by atoms with Gasteiger partial charge in [-0.25, -0.2) is 5.06 Å². The van der Waals surface area contributed by atoms with Crippen molar-refractivity contribution in [3.8, 4) is 0 Å². The third kappa shape index (κ3) is 26.0. The number of hydrogen-bond donors (Lipinski definition) is 2. The van der Waals surface area contributed by atoms with E-state index in [0.717, 1.165) is 103 Å². The number of rotatable bonds is 28. The predicted octanol–water partition coefficient (Wildman–Crippen LogP) is 6.98. The SMILES string of the molecule is CCCCCCCCCOC(=O)CCCCCCCN(CCCCCCCC(=O)O)CCCC(=O)N(C)O. The van der Waals surface area contributed by atoms with E-state index in [-0.39, 0.29) is 18.3 Å². The van der Waals surface area contributed by atoms with Gasteiger partial charge >= 0.3 is 11.9 Å². The van der Waals surface area contributed by atoms with E-state index >= 15 is 0 Å². The summed E-state index contributed by atoms with van der Waals surface area (Å²) < 4.78 is 5.36. The standard InChI is InChI=1S/C30H58N2O6/c1-3-4-5-6-7-14-19-27-38-30(36)23-16-11-9-13-18-25-32(26-20-21-28(33)31(2)37)24-17-12-8-10-15-22-29(34)35/h37H,3-27H2,1-2H3,(H,34,35). The van der Waals surface area contributed by atoms with Crippen LogP contribution in [-0.2, 0) is 19.1 Å². The van der Waals surface area contributed by atoms with Crippen molar-refractivity contribution in [3.63, 3.8) is 0 Å². The minimum Gasteiger partial charge on any atom is -0.481 e. The Hall–Kier alpha value is -1.67. The van der Waals surface area contributed by atoms with E-state index in [2.05, 4.69) is 11.8 Å². The van der Waals surface area contributed by atoms with Gasteiger partial charge in [0.1, 0.15) is 0 Å². The van der Waals surface area contributed by atoms with Crippen LogP contribution in [0.2, 0.25) is 0 Å². The minimum atomic E-state index is -0.724. The largest absolute Gasteiger partial charge is 0.481 e. The smallest absolute Gasteiger partial charge is 0.305 e. The first-order valence-electron chi connectivity index (χ1n) is 15.4. The summed E-state index contributed by atoms with van der Waals surface area (Å²) in [7, 11) is 1.36. The zero-order valence-electron chi connectivity index (χ0n) is 24.6. The Bertz CT molecular complexity index is 585. The molecule has 0 aliphatic carbocycles. The van der Waals surface area contributed by atoms with E-state index in [4.69, 9.17) is 9.84 Å². The second-order valence-corrected chi connectivity index (χ2v) is 10.6. The molecule has 0 bridgehead atoms. The number of unbranched alkanes of at least 4 members (excludes halogenated alkanes) is 14. The van der Waals surface area contributed by atoms with Crippen LogP contribution < -0.4 is 0 Å². The van der Waals surface area contributed by atoms with Gasteiger partial charge in [0, 0.05) is 26.3 Å². The van der Waals surface area contributed by atoms with Crippen LogP contribution in [0.15, 0.2) is 0 Å². The average molecular weight is 543 g/mol. The molecule has 0 rings (SSSR count). The number of esters is 1. The van der Waals surface area contributed by atoms with Gasteiger partial charge in [-0.15, -0.1) is 0 Å². The van der Waals surface area contributed by atoms with E-state index in [1.54, 1.807) is 0 Å². The number of hydrogen-bond acceptors (Lipinski definition) is 6. The van der Waals surface area contributed by atoms with Crippen molar-refractivity contribution in [2.24, 2.45) is 0 Å². The van der Waals surface area contributed by atoms with Crippen molar-refractivity contribution in [1.82, 2.24) is 9.96 Å². The van der Waals surface area contributed by atoms with Crippen molar-refractivity contribution < 1.29 is 29.4 Å². The molecule has 0 aromatic rings. The van der Waals surface area contributed by atoms with Crippen molar-refractivity contribution in [3.05, 3.63) is 0 Å². The van der Waals surface area contributed by atoms with Gasteiger partial charge in [0.05, 0.1) is 6.61 Å². The highest BCUT2D eigenvalue weighted by Gasteiger charge is 2.09. The van der Waals surface area contributed by atoms with Crippen LogP contribution in [0.5, 0.6) is 0 Å².